The molecule has 2 N–H and O–H groups in total. The number of likely N-dealkylation sites (tertiary alicyclic amines) is 1. The summed E-state index contributed by atoms with van der Waals surface area (Å²) in [6.45, 7) is 3.41. The number of benzene rings is 1. The summed E-state index contributed by atoms with van der Waals surface area (Å²) in [4.78, 5) is 47.1. The number of H-pyrrole nitrogens is 1. The fourth-order valence-corrected chi connectivity index (χ4v) is 4.44. The standard InChI is InChI=1S/C26H25N3O6/c1-14-19(15(2)28-21(14)26(33)35-4)23(30)20-22(17-8-5-9-18(11-17)34-3)29(25(32)24(20)31)13-16-7-6-10-27-12-16/h5-12,22,28,30H,13H2,1-4H3/t22-/m0/s1. The van der Waals surface area contributed by atoms with Gasteiger partial charge in [-0.25, -0.2) is 4.79 Å². The van der Waals surface area contributed by atoms with Gasteiger partial charge in [-0.05, 0) is 48.7 Å². The largest absolute Gasteiger partial charge is 0.507 e. The van der Waals surface area contributed by atoms with Crippen molar-refractivity contribution in [1.29, 1.82) is 0 Å². The normalized spacial score (nSPS) is 17.0. The molecule has 4 rings (SSSR count). The molecule has 2 aromatic heterocycles. The molecule has 1 fully saturated rings. The number of ketones is 1. The number of aryl methyl sites for hydroxylation is 1. The third-order valence-electron chi connectivity index (χ3n) is 6.09. The molecular weight excluding hydrogens is 450 g/mol. The molecule has 0 unspecified atom stereocenters. The minimum Gasteiger partial charge on any atom is -0.507 e. The van der Waals surface area contributed by atoms with Crippen LogP contribution in [0.15, 0.2) is 54.4 Å². The van der Waals surface area contributed by atoms with Crippen molar-refractivity contribution in [2.75, 3.05) is 14.2 Å². The number of hydrogen-bond acceptors (Lipinski definition) is 7. The predicted octanol–water partition coefficient (Wildman–Crippen LogP) is 3.44. The van der Waals surface area contributed by atoms with Crippen LogP contribution in [0.25, 0.3) is 5.76 Å². The fourth-order valence-electron chi connectivity index (χ4n) is 4.44. The Kier molecular flexibility index (Phi) is 6.42. The van der Waals surface area contributed by atoms with Gasteiger partial charge in [-0.2, -0.15) is 0 Å². The molecule has 0 aliphatic carbocycles. The highest BCUT2D eigenvalue weighted by molar-refractivity contribution is 6.46. The second-order valence-corrected chi connectivity index (χ2v) is 8.18. The molecule has 1 amide bonds. The molecule has 0 bridgehead atoms. The van der Waals surface area contributed by atoms with E-state index >= 15 is 0 Å². The van der Waals surface area contributed by atoms with Crippen LogP contribution in [0.4, 0.5) is 0 Å². The van der Waals surface area contributed by atoms with Gasteiger partial charge in [-0.3, -0.25) is 14.6 Å². The first-order chi connectivity index (χ1) is 16.8. The van der Waals surface area contributed by atoms with Crippen LogP contribution in [0.2, 0.25) is 0 Å². The number of aliphatic hydroxyl groups is 1. The number of Topliss-reactive ketones (excluding diaryl/α,β-unsaturated/α-hetero) is 1. The summed E-state index contributed by atoms with van der Waals surface area (Å²) in [7, 11) is 2.77. The van der Waals surface area contributed by atoms with E-state index in [1.165, 1.54) is 19.1 Å². The van der Waals surface area contributed by atoms with E-state index in [4.69, 9.17) is 9.47 Å². The summed E-state index contributed by atoms with van der Waals surface area (Å²) < 4.78 is 10.2. The van der Waals surface area contributed by atoms with Crippen LogP contribution in [0.3, 0.4) is 0 Å². The Morgan fingerprint density at radius 2 is 1.94 bits per heavy atom. The van der Waals surface area contributed by atoms with Crippen molar-refractivity contribution >= 4 is 23.4 Å². The summed E-state index contributed by atoms with van der Waals surface area (Å²) >= 11 is 0. The molecule has 0 spiro atoms. The van der Waals surface area contributed by atoms with Gasteiger partial charge in [0.05, 0.1) is 25.8 Å². The molecule has 0 saturated carbocycles. The van der Waals surface area contributed by atoms with Gasteiger partial charge < -0.3 is 24.5 Å². The first-order valence-corrected chi connectivity index (χ1v) is 10.9. The van der Waals surface area contributed by atoms with E-state index in [-0.39, 0.29) is 29.1 Å². The zero-order valence-corrected chi connectivity index (χ0v) is 19.8. The summed E-state index contributed by atoms with van der Waals surface area (Å²) in [6.07, 6.45) is 3.23. The molecule has 3 aromatic rings. The first-order valence-electron chi connectivity index (χ1n) is 10.9. The summed E-state index contributed by atoms with van der Waals surface area (Å²) in [5.41, 5.74) is 2.55. The number of aromatic amines is 1. The van der Waals surface area contributed by atoms with Crippen molar-refractivity contribution < 1.29 is 29.0 Å². The number of carbonyl (C=O) groups excluding carboxylic acids is 3. The van der Waals surface area contributed by atoms with Crippen LogP contribution < -0.4 is 4.74 Å². The molecule has 1 aromatic carbocycles. The number of aromatic nitrogens is 2. The van der Waals surface area contributed by atoms with Crippen molar-refractivity contribution in [3.63, 3.8) is 0 Å². The monoisotopic (exact) mass is 475 g/mol. The van der Waals surface area contributed by atoms with Crippen LogP contribution in [0.5, 0.6) is 5.75 Å². The lowest BCUT2D eigenvalue weighted by Gasteiger charge is -2.25. The smallest absolute Gasteiger partial charge is 0.354 e. The zero-order valence-electron chi connectivity index (χ0n) is 19.8. The number of amides is 1. The first kappa shape index (κ1) is 23.7. The van der Waals surface area contributed by atoms with E-state index in [0.717, 1.165) is 5.56 Å². The molecule has 1 atom stereocenters. The molecule has 3 heterocycles. The lowest BCUT2D eigenvalue weighted by molar-refractivity contribution is -0.140. The molecule has 35 heavy (non-hydrogen) atoms. The number of methoxy groups -OCH3 is 2. The number of nitrogens with zero attached hydrogens (tertiary/aromatic N) is 2. The van der Waals surface area contributed by atoms with Crippen molar-refractivity contribution in [3.05, 3.63) is 88.0 Å². The van der Waals surface area contributed by atoms with Gasteiger partial charge in [-0.1, -0.05) is 18.2 Å². The van der Waals surface area contributed by atoms with Crippen LogP contribution in [0.1, 0.15) is 44.5 Å². The average Bonchev–Trinajstić information content (AvgIpc) is 3.31. The van der Waals surface area contributed by atoms with Crippen molar-refractivity contribution in [1.82, 2.24) is 14.9 Å². The third-order valence-corrected chi connectivity index (χ3v) is 6.09. The Labute approximate surface area is 202 Å². The van der Waals surface area contributed by atoms with E-state index in [1.54, 1.807) is 62.6 Å². The van der Waals surface area contributed by atoms with E-state index in [1.807, 2.05) is 0 Å². The molecule has 180 valence electrons. The maximum absolute atomic E-state index is 13.3. The number of esters is 1. The van der Waals surface area contributed by atoms with Crippen LogP contribution in [-0.2, 0) is 20.9 Å². The molecule has 0 radical (unpaired) electrons. The van der Waals surface area contributed by atoms with Gasteiger partial charge in [0, 0.05) is 30.2 Å². The Morgan fingerprint density at radius 3 is 2.60 bits per heavy atom. The average molecular weight is 476 g/mol. The van der Waals surface area contributed by atoms with Gasteiger partial charge in [-0.15, -0.1) is 0 Å². The highest BCUT2D eigenvalue weighted by atomic mass is 16.5. The van der Waals surface area contributed by atoms with Crippen molar-refractivity contribution in [2.24, 2.45) is 0 Å². The quantitative estimate of drug-likeness (QED) is 0.242. The van der Waals surface area contributed by atoms with Gasteiger partial charge in [0.15, 0.2) is 0 Å². The predicted molar refractivity (Wildman–Crippen MR) is 127 cm³/mol. The fraction of sp³-hybridized carbons (Fsp3) is 0.231. The molecule has 1 aliphatic rings. The Bertz CT molecular complexity index is 1340. The highest BCUT2D eigenvalue weighted by Crippen LogP contribution is 2.42. The zero-order chi connectivity index (χ0) is 25.3. The van der Waals surface area contributed by atoms with Crippen LogP contribution in [0, 0.1) is 13.8 Å². The van der Waals surface area contributed by atoms with E-state index in [2.05, 4.69) is 9.97 Å². The van der Waals surface area contributed by atoms with E-state index in [0.29, 0.717) is 22.6 Å². The van der Waals surface area contributed by atoms with Crippen molar-refractivity contribution in [2.45, 2.75) is 26.4 Å². The second kappa shape index (κ2) is 9.46. The number of pyridine rings is 1. The number of rotatable bonds is 6. The Balaban J connectivity index is 1.92. The second-order valence-electron chi connectivity index (χ2n) is 8.18. The number of carbonyl (C=O) groups is 3. The lowest BCUT2D eigenvalue weighted by atomic mass is 9.94. The maximum Gasteiger partial charge on any atom is 0.354 e. The molecule has 1 saturated heterocycles. The minimum absolute atomic E-state index is 0.0752. The Morgan fingerprint density at radius 1 is 1.17 bits per heavy atom. The molecular formula is C26H25N3O6. The van der Waals surface area contributed by atoms with Crippen LogP contribution in [-0.4, -0.2) is 51.9 Å². The SMILES string of the molecule is COC(=O)c1[nH]c(C)c(C(O)=C2C(=O)C(=O)N(Cc3cccnc3)[C@H]2c2cccc(OC)c2)c1C. The Hall–Kier alpha value is -4.40. The number of hydrogen-bond donors (Lipinski definition) is 2. The van der Waals surface area contributed by atoms with E-state index in [9.17, 15) is 19.5 Å². The highest BCUT2D eigenvalue weighted by Gasteiger charge is 2.46. The number of aliphatic hydroxyl groups excluding tert-OH is 1. The lowest BCUT2D eigenvalue weighted by Crippen LogP contribution is -2.29. The molecule has 9 heteroatoms. The van der Waals surface area contributed by atoms with Crippen LogP contribution >= 0.6 is 0 Å². The van der Waals surface area contributed by atoms with Gasteiger partial charge >= 0.3 is 5.97 Å². The summed E-state index contributed by atoms with van der Waals surface area (Å²) in [5, 5.41) is 11.4. The van der Waals surface area contributed by atoms with Crippen molar-refractivity contribution in [3.8, 4) is 5.75 Å². The molecule has 1 aliphatic heterocycles. The maximum atomic E-state index is 13.3. The molecule has 9 nitrogen and oxygen atoms in total. The third kappa shape index (κ3) is 4.16. The van der Waals surface area contributed by atoms with Gasteiger partial charge in [0.25, 0.3) is 11.7 Å². The summed E-state index contributed by atoms with van der Waals surface area (Å²) in [5.74, 6) is -2.00. The summed E-state index contributed by atoms with van der Waals surface area (Å²) in [6, 6.07) is 9.64. The number of nitrogens with one attached hydrogen (secondary N) is 1. The topological polar surface area (TPSA) is 122 Å². The minimum atomic E-state index is -0.888. The van der Waals surface area contributed by atoms with E-state index < -0.39 is 23.7 Å². The van der Waals surface area contributed by atoms with Gasteiger partial charge in [0.2, 0.25) is 0 Å². The number of ether oxygens (including phenoxy) is 2. The van der Waals surface area contributed by atoms with Gasteiger partial charge in [0.1, 0.15) is 17.2 Å².